The van der Waals surface area contributed by atoms with Gasteiger partial charge < -0.3 is 10.4 Å². The fraction of sp³-hybridized carbons (Fsp3) is 0.533. The summed E-state index contributed by atoms with van der Waals surface area (Å²) in [4.78, 5) is 14.8. The Hall–Kier alpha value is -2.09. The molecule has 0 aliphatic carbocycles. The zero-order valence-electron chi connectivity index (χ0n) is 12.2. The molecule has 0 bridgehead atoms. The molecule has 0 aliphatic rings. The van der Waals surface area contributed by atoms with Crippen LogP contribution in [-0.4, -0.2) is 22.6 Å². The number of nitrogens with one attached hydrogen (secondary N) is 1. The molecule has 1 atom stereocenters. The first kappa shape index (κ1) is 16.0. The van der Waals surface area contributed by atoms with Gasteiger partial charge in [-0.1, -0.05) is 6.92 Å². The van der Waals surface area contributed by atoms with Crippen molar-refractivity contribution in [3.05, 3.63) is 22.9 Å². The van der Waals surface area contributed by atoms with Crippen molar-refractivity contribution >= 4 is 11.8 Å². The number of anilines is 1. The Kier molecular flexibility index (Phi) is 5.98. The van der Waals surface area contributed by atoms with Crippen LogP contribution in [0.15, 0.2) is 6.07 Å². The fourth-order valence-electron chi connectivity index (χ4n) is 2.06. The average Bonchev–Trinajstić information content (AvgIpc) is 2.36. The number of carboxylic acid groups (broad SMARTS) is 1. The minimum Gasteiger partial charge on any atom is -0.481 e. The van der Waals surface area contributed by atoms with E-state index in [-0.39, 0.29) is 6.42 Å². The van der Waals surface area contributed by atoms with Crippen LogP contribution in [0.25, 0.3) is 0 Å². The summed E-state index contributed by atoms with van der Waals surface area (Å²) in [6, 6.07) is 4.05. The topological polar surface area (TPSA) is 86.0 Å². The second-order valence-corrected chi connectivity index (χ2v) is 5.17. The van der Waals surface area contributed by atoms with Crippen LogP contribution in [0.2, 0.25) is 0 Å². The molecule has 0 amide bonds. The number of rotatable bonds is 7. The lowest BCUT2D eigenvalue weighted by atomic mass is 10.0. The van der Waals surface area contributed by atoms with Gasteiger partial charge in [-0.3, -0.25) is 4.79 Å². The Labute approximate surface area is 119 Å². The summed E-state index contributed by atoms with van der Waals surface area (Å²) in [6.07, 6.45) is 1.72. The highest BCUT2D eigenvalue weighted by atomic mass is 16.4. The molecule has 20 heavy (non-hydrogen) atoms. The number of nitriles is 1. The highest BCUT2D eigenvalue weighted by Gasteiger charge is 2.09. The van der Waals surface area contributed by atoms with Gasteiger partial charge in [0.25, 0.3) is 0 Å². The van der Waals surface area contributed by atoms with Crippen molar-refractivity contribution in [3.8, 4) is 6.07 Å². The van der Waals surface area contributed by atoms with Crippen molar-refractivity contribution in [2.45, 2.75) is 40.0 Å². The minimum atomic E-state index is -0.757. The molecule has 1 unspecified atom stereocenters. The van der Waals surface area contributed by atoms with Crippen LogP contribution in [0.4, 0.5) is 5.82 Å². The van der Waals surface area contributed by atoms with E-state index in [0.717, 1.165) is 17.7 Å². The standard InChI is InChI=1S/C15H21N3O2/c1-10(4-5-14(19)20)6-7-17-15-13(9-16)11(2)8-12(3)18-15/h8,10H,4-7H2,1-3H3,(H,17,18)(H,19,20). The molecule has 1 rings (SSSR count). The van der Waals surface area contributed by atoms with Gasteiger partial charge in [-0.2, -0.15) is 5.26 Å². The van der Waals surface area contributed by atoms with Crippen molar-refractivity contribution in [2.75, 3.05) is 11.9 Å². The lowest BCUT2D eigenvalue weighted by Crippen LogP contribution is -2.11. The molecule has 2 N–H and O–H groups in total. The molecule has 0 saturated heterocycles. The van der Waals surface area contributed by atoms with Crippen LogP contribution in [-0.2, 0) is 4.79 Å². The van der Waals surface area contributed by atoms with E-state index in [9.17, 15) is 4.79 Å². The summed E-state index contributed by atoms with van der Waals surface area (Å²) in [5.41, 5.74) is 2.37. The predicted octanol–water partition coefficient (Wildman–Crippen LogP) is 2.87. The fourth-order valence-corrected chi connectivity index (χ4v) is 2.06. The zero-order chi connectivity index (χ0) is 15.1. The first-order valence-corrected chi connectivity index (χ1v) is 6.78. The monoisotopic (exact) mass is 275 g/mol. The van der Waals surface area contributed by atoms with E-state index in [2.05, 4.69) is 16.4 Å². The maximum atomic E-state index is 10.5. The van der Waals surface area contributed by atoms with Crippen molar-refractivity contribution in [2.24, 2.45) is 5.92 Å². The van der Waals surface area contributed by atoms with Crippen molar-refractivity contribution in [1.82, 2.24) is 4.98 Å². The zero-order valence-corrected chi connectivity index (χ0v) is 12.2. The molecular formula is C15H21N3O2. The second-order valence-electron chi connectivity index (χ2n) is 5.17. The molecule has 0 saturated carbocycles. The molecule has 1 aromatic rings. The highest BCUT2D eigenvalue weighted by molar-refractivity contribution is 5.66. The number of aromatic nitrogens is 1. The molecule has 0 aromatic carbocycles. The summed E-state index contributed by atoms with van der Waals surface area (Å²) in [5.74, 6) is 0.193. The molecule has 5 nitrogen and oxygen atoms in total. The summed E-state index contributed by atoms with van der Waals surface area (Å²) in [6.45, 7) is 6.51. The predicted molar refractivity (Wildman–Crippen MR) is 77.6 cm³/mol. The molecule has 0 radical (unpaired) electrons. The lowest BCUT2D eigenvalue weighted by Gasteiger charge is -2.13. The highest BCUT2D eigenvalue weighted by Crippen LogP contribution is 2.18. The third kappa shape index (κ3) is 4.88. The van der Waals surface area contributed by atoms with Crippen molar-refractivity contribution < 1.29 is 9.90 Å². The Balaban J connectivity index is 2.54. The Bertz CT molecular complexity index is 521. The maximum absolute atomic E-state index is 10.5. The normalized spacial score (nSPS) is 11.7. The Morgan fingerprint density at radius 1 is 1.50 bits per heavy atom. The minimum absolute atomic E-state index is 0.201. The van der Waals surface area contributed by atoms with E-state index in [4.69, 9.17) is 10.4 Å². The number of hydrogen-bond acceptors (Lipinski definition) is 4. The smallest absolute Gasteiger partial charge is 0.303 e. The van der Waals surface area contributed by atoms with Crippen LogP contribution in [0, 0.1) is 31.1 Å². The quantitative estimate of drug-likeness (QED) is 0.799. The SMILES string of the molecule is Cc1cc(C)c(C#N)c(NCCC(C)CCC(=O)O)n1. The van der Waals surface area contributed by atoms with Gasteiger partial charge in [-0.05, 0) is 44.2 Å². The van der Waals surface area contributed by atoms with Gasteiger partial charge >= 0.3 is 5.97 Å². The molecule has 1 aromatic heterocycles. The Morgan fingerprint density at radius 3 is 2.80 bits per heavy atom. The lowest BCUT2D eigenvalue weighted by molar-refractivity contribution is -0.137. The van der Waals surface area contributed by atoms with E-state index in [1.165, 1.54) is 0 Å². The van der Waals surface area contributed by atoms with Crippen molar-refractivity contribution in [3.63, 3.8) is 0 Å². The van der Waals surface area contributed by atoms with Crippen molar-refractivity contribution in [1.29, 1.82) is 5.26 Å². The van der Waals surface area contributed by atoms with E-state index >= 15 is 0 Å². The third-order valence-corrected chi connectivity index (χ3v) is 3.24. The summed E-state index contributed by atoms with van der Waals surface area (Å²) >= 11 is 0. The largest absolute Gasteiger partial charge is 0.481 e. The average molecular weight is 275 g/mol. The van der Waals surface area contributed by atoms with Crippen LogP contribution in [0.3, 0.4) is 0 Å². The second kappa shape index (κ2) is 7.49. The summed E-state index contributed by atoms with van der Waals surface area (Å²) < 4.78 is 0. The number of aryl methyl sites for hydroxylation is 2. The van der Waals surface area contributed by atoms with E-state index in [1.807, 2.05) is 26.8 Å². The molecule has 0 spiro atoms. The molecule has 0 fully saturated rings. The van der Waals surface area contributed by atoms with Gasteiger partial charge in [0.15, 0.2) is 0 Å². The number of carbonyl (C=O) groups is 1. The van der Waals surface area contributed by atoms with Crippen LogP contribution in [0.1, 0.15) is 43.0 Å². The number of carboxylic acids is 1. The molecule has 1 heterocycles. The molecular weight excluding hydrogens is 254 g/mol. The Morgan fingerprint density at radius 2 is 2.20 bits per heavy atom. The maximum Gasteiger partial charge on any atom is 0.303 e. The van der Waals surface area contributed by atoms with Gasteiger partial charge in [0.1, 0.15) is 11.9 Å². The molecule has 0 aliphatic heterocycles. The number of pyridine rings is 1. The molecule has 5 heteroatoms. The van der Waals surface area contributed by atoms with E-state index in [0.29, 0.717) is 30.3 Å². The van der Waals surface area contributed by atoms with E-state index in [1.54, 1.807) is 0 Å². The number of nitrogens with zero attached hydrogens (tertiary/aromatic N) is 2. The van der Waals surface area contributed by atoms with Gasteiger partial charge in [0.2, 0.25) is 0 Å². The summed E-state index contributed by atoms with van der Waals surface area (Å²) in [7, 11) is 0. The molecule has 108 valence electrons. The summed E-state index contributed by atoms with van der Waals surface area (Å²) in [5, 5.41) is 21.0. The van der Waals surface area contributed by atoms with Crippen LogP contribution >= 0.6 is 0 Å². The van der Waals surface area contributed by atoms with Gasteiger partial charge in [0.05, 0.1) is 5.56 Å². The van der Waals surface area contributed by atoms with Gasteiger partial charge in [-0.25, -0.2) is 4.98 Å². The first-order chi connectivity index (χ1) is 9.43. The third-order valence-electron chi connectivity index (χ3n) is 3.24. The number of hydrogen-bond donors (Lipinski definition) is 2. The van der Waals surface area contributed by atoms with E-state index < -0.39 is 5.97 Å². The first-order valence-electron chi connectivity index (χ1n) is 6.78. The number of aliphatic carboxylic acids is 1. The van der Waals surface area contributed by atoms with Gasteiger partial charge in [0, 0.05) is 18.7 Å². The van der Waals surface area contributed by atoms with Crippen LogP contribution < -0.4 is 5.32 Å². The van der Waals surface area contributed by atoms with Crippen LogP contribution in [0.5, 0.6) is 0 Å². The van der Waals surface area contributed by atoms with Gasteiger partial charge in [-0.15, -0.1) is 0 Å².